The van der Waals surface area contributed by atoms with Crippen LogP contribution in [0, 0.1) is 0 Å². The normalized spacial score (nSPS) is 12.7. The molecule has 0 aliphatic carbocycles. The van der Waals surface area contributed by atoms with Gasteiger partial charge in [-0.15, -0.1) is 0 Å². The van der Waals surface area contributed by atoms with Crippen LogP contribution in [-0.2, 0) is 10.8 Å². The van der Waals surface area contributed by atoms with Gasteiger partial charge in [-0.05, 0) is 41.2 Å². The fraction of sp³-hybridized carbons (Fsp3) is 0.381. The molecule has 0 aliphatic rings. The number of nitrogens with one attached hydrogen (secondary N) is 1. The number of anilines is 1. The van der Waals surface area contributed by atoms with Crippen molar-refractivity contribution in [2.45, 2.75) is 52.4 Å². The van der Waals surface area contributed by atoms with Gasteiger partial charge < -0.3 is 15.8 Å². The van der Waals surface area contributed by atoms with Crippen LogP contribution < -0.4 is 5.73 Å². The first-order chi connectivity index (χ1) is 11.5. The predicted octanol–water partition coefficient (Wildman–Crippen LogP) is 5.11. The molecule has 0 aliphatic heterocycles. The zero-order valence-electron chi connectivity index (χ0n) is 15.9. The molecule has 4 heteroatoms. The minimum Gasteiger partial charge on any atom is -0.507 e. The Labute approximate surface area is 149 Å². The Balaban J connectivity index is 2.27. The molecule has 0 fully saturated rings. The van der Waals surface area contributed by atoms with E-state index in [0.717, 1.165) is 33.5 Å². The van der Waals surface area contributed by atoms with Crippen molar-refractivity contribution in [1.29, 1.82) is 0 Å². The average Bonchev–Trinajstić information content (AvgIpc) is 2.87. The number of hydrogen-bond acceptors (Lipinski definition) is 3. The maximum Gasteiger partial charge on any atom is 0.138 e. The Hall–Kier alpha value is -2.49. The predicted molar refractivity (Wildman–Crippen MR) is 105 cm³/mol. The van der Waals surface area contributed by atoms with E-state index in [1.807, 2.05) is 30.3 Å². The lowest BCUT2D eigenvalue weighted by Crippen LogP contribution is -2.17. The van der Waals surface area contributed by atoms with Crippen molar-refractivity contribution in [2.24, 2.45) is 0 Å². The number of benzene rings is 2. The highest BCUT2D eigenvalue weighted by molar-refractivity contribution is 5.82. The van der Waals surface area contributed by atoms with Crippen LogP contribution in [0.25, 0.3) is 22.4 Å². The van der Waals surface area contributed by atoms with E-state index < -0.39 is 0 Å². The number of rotatable bonds is 1. The van der Waals surface area contributed by atoms with Crippen molar-refractivity contribution >= 4 is 16.7 Å². The van der Waals surface area contributed by atoms with Crippen LogP contribution in [0.5, 0.6) is 5.75 Å². The molecule has 0 unspecified atom stereocenters. The zero-order valence-corrected chi connectivity index (χ0v) is 15.9. The van der Waals surface area contributed by atoms with E-state index in [-0.39, 0.29) is 10.8 Å². The van der Waals surface area contributed by atoms with Gasteiger partial charge in [-0.25, -0.2) is 4.98 Å². The molecule has 3 rings (SSSR count). The van der Waals surface area contributed by atoms with Gasteiger partial charge in [-0.2, -0.15) is 0 Å². The highest BCUT2D eigenvalue weighted by Crippen LogP contribution is 2.41. The first kappa shape index (κ1) is 17.3. The van der Waals surface area contributed by atoms with Crippen molar-refractivity contribution in [1.82, 2.24) is 9.97 Å². The highest BCUT2D eigenvalue weighted by Gasteiger charge is 2.27. The molecule has 0 saturated heterocycles. The van der Waals surface area contributed by atoms with Crippen LogP contribution in [0.15, 0.2) is 30.3 Å². The summed E-state index contributed by atoms with van der Waals surface area (Å²) in [5.41, 5.74) is 10.9. The highest BCUT2D eigenvalue weighted by atomic mass is 16.3. The van der Waals surface area contributed by atoms with Gasteiger partial charge in [0.15, 0.2) is 0 Å². The summed E-state index contributed by atoms with van der Waals surface area (Å²) in [6, 6.07) is 9.73. The maximum absolute atomic E-state index is 10.9. The molecule has 0 bridgehead atoms. The number of phenols is 1. The summed E-state index contributed by atoms with van der Waals surface area (Å²) in [6.07, 6.45) is 0. The van der Waals surface area contributed by atoms with Crippen molar-refractivity contribution in [3.8, 4) is 17.1 Å². The quantitative estimate of drug-likeness (QED) is 0.540. The summed E-state index contributed by atoms with van der Waals surface area (Å²) < 4.78 is 0. The number of H-pyrrole nitrogens is 1. The Morgan fingerprint density at radius 1 is 0.920 bits per heavy atom. The van der Waals surface area contributed by atoms with E-state index in [1.165, 1.54) is 0 Å². The first-order valence-electron chi connectivity index (χ1n) is 8.60. The molecule has 132 valence electrons. The van der Waals surface area contributed by atoms with Gasteiger partial charge in [0, 0.05) is 22.4 Å². The third-order valence-corrected chi connectivity index (χ3v) is 4.51. The van der Waals surface area contributed by atoms with E-state index in [2.05, 4.69) is 46.5 Å². The molecule has 4 nitrogen and oxygen atoms in total. The minimum atomic E-state index is -0.170. The van der Waals surface area contributed by atoms with Gasteiger partial charge in [0.25, 0.3) is 0 Å². The monoisotopic (exact) mass is 337 g/mol. The molecule has 25 heavy (non-hydrogen) atoms. The van der Waals surface area contributed by atoms with Crippen molar-refractivity contribution in [3.63, 3.8) is 0 Å². The third kappa shape index (κ3) is 3.21. The van der Waals surface area contributed by atoms with E-state index >= 15 is 0 Å². The summed E-state index contributed by atoms with van der Waals surface area (Å²) in [6.45, 7) is 12.7. The SMILES string of the molecule is CC(C)(C)c1cc(-c2nc3ccc(N)cc3[nH]2)cc(C(C)(C)C)c1O. The van der Waals surface area contributed by atoms with E-state index in [0.29, 0.717) is 11.4 Å². The number of fused-ring (bicyclic) bond motifs is 1. The molecule has 0 radical (unpaired) electrons. The summed E-state index contributed by atoms with van der Waals surface area (Å²) in [7, 11) is 0. The van der Waals surface area contributed by atoms with Crippen molar-refractivity contribution in [3.05, 3.63) is 41.5 Å². The zero-order chi connectivity index (χ0) is 18.6. The lowest BCUT2D eigenvalue weighted by Gasteiger charge is -2.28. The number of aromatic amines is 1. The number of hydrogen-bond donors (Lipinski definition) is 3. The number of aromatic nitrogens is 2. The van der Waals surface area contributed by atoms with E-state index in [1.54, 1.807) is 0 Å². The minimum absolute atomic E-state index is 0.170. The summed E-state index contributed by atoms with van der Waals surface area (Å²) in [5, 5.41) is 10.9. The van der Waals surface area contributed by atoms with Crippen LogP contribution in [0.1, 0.15) is 52.7 Å². The Kier molecular flexibility index (Phi) is 3.82. The molecule has 0 amide bonds. The maximum atomic E-state index is 10.9. The van der Waals surface area contributed by atoms with E-state index in [4.69, 9.17) is 10.7 Å². The number of phenolic OH excluding ortho intramolecular Hbond substituents is 1. The Morgan fingerprint density at radius 3 is 2.00 bits per heavy atom. The van der Waals surface area contributed by atoms with E-state index in [9.17, 15) is 5.11 Å². The second-order valence-corrected chi connectivity index (χ2v) is 8.78. The first-order valence-corrected chi connectivity index (χ1v) is 8.60. The molecule has 2 aromatic carbocycles. The van der Waals surface area contributed by atoms with Gasteiger partial charge in [0.1, 0.15) is 11.6 Å². The topological polar surface area (TPSA) is 74.9 Å². The van der Waals surface area contributed by atoms with Gasteiger partial charge in [-0.1, -0.05) is 41.5 Å². The van der Waals surface area contributed by atoms with Crippen LogP contribution in [0.4, 0.5) is 5.69 Å². The fourth-order valence-corrected chi connectivity index (χ4v) is 3.08. The molecule has 4 N–H and O–H groups in total. The molecular weight excluding hydrogens is 310 g/mol. The lowest BCUT2D eigenvalue weighted by molar-refractivity contribution is 0.423. The number of imidazole rings is 1. The van der Waals surface area contributed by atoms with Gasteiger partial charge in [0.05, 0.1) is 11.0 Å². The smallest absolute Gasteiger partial charge is 0.138 e. The molecule has 1 heterocycles. The third-order valence-electron chi connectivity index (χ3n) is 4.51. The number of aromatic hydroxyl groups is 1. The van der Waals surface area contributed by atoms with Crippen LogP contribution in [-0.4, -0.2) is 15.1 Å². The average molecular weight is 337 g/mol. The standard InChI is InChI=1S/C21H27N3O/c1-20(2,3)14-9-12(10-15(18(14)25)21(4,5)6)19-23-16-8-7-13(22)11-17(16)24-19/h7-11,25H,22H2,1-6H3,(H,23,24). The summed E-state index contributed by atoms with van der Waals surface area (Å²) >= 11 is 0. The molecule has 0 saturated carbocycles. The van der Waals surface area contributed by atoms with Crippen molar-refractivity contribution in [2.75, 3.05) is 5.73 Å². The second kappa shape index (κ2) is 5.51. The number of nitrogens with zero attached hydrogens (tertiary/aromatic N) is 1. The summed E-state index contributed by atoms with van der Waals surface area (Å²) in [5.74, 6) is 1.17. The molecule has 1 aromatic heterocycles. The molecule has 0 spiro atoms. The Morgan fingerprint density at radius 2 is 1.48 bits per heavy atom. The number of nitrogen functional groups attached to an aromatic ring is 1. The molecule has 3 aromatic rings. The van der Waals surface area contributed by atoms with Crippen LogP contribution in [0.3, 0.4) is 0 Å². The van der Waals surface area contributed by atoms with Gasteiger partial charge in [0.2, 0.25) is 0 Å². The Bertz CT molecular complexity index is 905. The van der Waals surface area contributed by atoms with Crippen LogP contribution in [0.2, 0.25) is 0 Å². The fourth-order valence-electron chi connectivity index (χ4n) is 3.08. The van der Waals surface area contributed by atoms with Gasteiger partial charge in [-0.3, -0.25) is 0 Å². The molecule has 0 atom stereocenters. The summed E-state index contributed by atoms with van der Waals surface area (Å²) in [4.78, 5) is 8.06. The largest absolute Gasteiger partial charge is 0.507 e. The van der Waals surface area contributed by atoms with Gasteiger partial charge >= 0.3 is 0 Å². The molecular formula is C21H27N3O. The lowest BCUT2D eigenvalue weighted by atomic mass is 9.78. The van der Waals surface area contributed by atoms with Crippen LogP contribution >= 0.6 is 0 Å². The number of nitrogens with two attached hydrogens (primary N) is 1. The van der Waals surface area contributed by atoms with Crippen molar-refractivity contribution < 1.29 is 5.11 Å². The second-order valence-electron chi connectivity index (χ2n) is 8.78.